The molecule has 100 valence electrons. The van der Waals surface area contributed by atoms with E-state index in [1.54, 1.807) is 18.2 Å². The van der Waals surface area contributed by atoms with E-state index in [4.69, 9.17) is 9.47 Å². The van der Waals surface area contributed by atoms with Crippen molar-refractivity contribution in [1.82, 2.24) is 0 Å². The highest BCUT2D eigenvalue weighted by atomic mass is 16.5. The summed E-state index contributed by atoms with van der Waals surface area (Å²) in [6, 6.07) is 14.8. The molecule has 0 aromatic heterocycles. The Morgan fingerprint density at radius 2 is 1.70 bits per heavy atom. The molecule has 0 radical (unpaired) electrons. The summed E-state index contributed by atoms with van der Waals surface area (Å²) in [5.41, 5.74) is 1.81. The third-order valence-corrected chi connectivity index (χ3v) is 2.75. The van der Waals surface area contributed by atoms with E-state index in [1.807, 2.05) is 30.3 Å². The summed E-state index contributed by atoms with van der Waals surface area (Å²) < 4.78 is 9.98. The van der Waals surface area contributed by atoms with E-state index in [0.29, 0.717) is 16.9 Å². The quantitative estimate of drug-likeness (QED) is 0.619. The summed E-state index contributed by atoms with van der Waals surface area (Å²) in [6.45, 7) is 0. The normalized spacial score (nSPS) is 9.30. The van der Waals surface area contributed by atoms with Crippen LogP contribution in [-0.2, 0) is 4.74 Å². The minimum Gasteiger partial charge on any atom is -0.496 e. The fraction of sp³-hybridized carbons (Fsp3) is 0.118. The molecule has 0 N–H and O–H groups in total. The highest BCUT2D eigenvalue weighted by Crippen LogP contribution is 2.22. The van der Waals surface area contributed by atoms with Crippen molar-refractivity contribution in [1.29, 1.82) is 0 Å². The lowest BCUT2D eigenvalue weighted by Crippen LogP contribution is -2.06. The van der Waals surface area contributed by atoms with E-state index < -0.39 is 5.97 Å². The van der Waals surface area contributed by atoms with E-state index in [9.17, 15) is 4.79 Å². The van der Waals surface area contributed by atoms with Gasteiger partial charge in [0.25, 0.3) is 0 Å². The molecular weight excluding hydrogens is 252 g/mol. The lowest BCUT2D eigenvalue weighted by atomic mass is 10.1. The Balaban J connectivity index is 2.47. The number of carbonyl (C=O) groups excluding carboxylic acids is 1. The number of esters is 1. The van der Waals surface area contributed by atoms with Gasteiger partial charge in [-0.05, 0) is 24.3 Å². The molecule has 3 heteroatoms. The van der Waals surface area contributed by atoms with Crippen LogP contribution >= 0.6 is 0 Å². The Bertz CT molecular complexity index is 664. The van der Waals surface area contributed by atoms with Gasteiger partial charge in [0.1, 0.15) is 11.3 Å². The maximum Gasteiger partial charge on any atom is 0.342 e. The molecule has 3 nitrogen and oxygen atoms in total. The monoisotopic (exact) mass is 266 g/mol. The van der Waals surface area contributed by atoms with Crippen LogP contribution in [0, 0.1) is 11.8 Å². The zero-order valence-electron chi connectivity index (χ0n) is 11.3. The van der Waals surface area contributed by atoms with E-state index >= 15 is 0 Å². The molecule has 0 saturated heterocycles. The third-order valence-electron chi connectivity index (χ3n) is 2.75. The van der Waals surface area contributed by atoms with Gasteiger partial charge in [-0.1, -0.05) is 36.1 Å². The minimum absolute atomic E-state index is 0.348. The van der Waals surface area contributed by atoms with Gasteiger partial charge in [-0.2, -0.15) is 0 Å². The lowest BCUT2D eigenvalue weighted by Gasteiger charge is -2.08. The summed E-state index contributed by atoms with van der Waals surface area (Å²) in [4.78, 5) is 11.9. The molecule has 2 aromatic carbocycles. The van der Waals surface area contributed by atoms with Gasteiger partial charge in [0.05, 0.1) is 14.2 Å². The topological polar surface area (TPSA) is 35.5 Å². The van der Waals surface area contributed by atoms with Gasteiger partial charge in [-0.15, -0.1) is 0 Å². The number of hydrogen-bond acceptors (Lipinski definition) is 3. The molecule has 2 rings (SSSR count). The second-order valence-corrected chi connectivity index (χ2v) is 3.99. The first-order valence-corrected chi connectivity index (χ1v) is 6.08. The average Bonchev–Trinajstić information content (AvgIpc) is 2.52. The predicted molar refractivity (Wildman–Crippen MR) is 76.8 cm³/mol. The van der Waals surface area contributed by atoms with Crippen molar-refractivity contribution >= 4 is 5.97 Å². The fourth-order valence-electron chi connectivity index (χ4n) is 1.78. The van der Waals surface area contributed by atoms with Crippen molar-refractivity contribution in [2.24, 2.45) is 0 Å². The highest BCUT2D eigenvalue weighted by Gasteiger charge is 2.16. The first-order chi connectivity index (χ1) is 9.76. The van der Waals surface area contributed by atoms with Crippen LogP contribution in [0.3, 0.4) is 0 Å². The largest absolute Gasteiger partial charge is 0.496 e. The van der Waals surface area contributed by atoms with Crippen molar-refractivity contribution in [3.63, 3.8) is 0 Å². The smallest absolute Gasteiger partial charge is 0.342 e. The number of benzene rings is 2. The molecule has 0 saturated carbocycles. The first-order valence-electron chi connectivity index (χ1n) is 6.08. The Hall–Kier alpha value is -2.73. The SMILES string of the molecule is COC(=O)c1c(C#Cc2ccccc2)cccc1OC. The van der Waals surface area contributed by atoms with Crippen molar-refractivity contribution < 1.29 is 14.3 Å². The maximum absolute atomic E-state index is 11.9. The van der Waals surface area contributed by atoms with Crippen LogP contribution in [0.25, 0.3) is 0 Å². The molecule has 0 bridgehead atoms. The lowest BCUT2D eigenvalue weighted by molar-refractivity contribution is 0.0597. The summed E-state index contributed by atoms with van der Waals surface area (Å²) in [6.07, 6.45) is 0. The average molecular weight is 266 g/mol. The molecule has 0 aliphatic heterocycles. The van der Waals surface area contributed by atoms with Gasteiger partial charge in [-0.25, -0.2) is 4.79 Å². The molecule has 2 aromatic rings. The zero-order valence-corrected chi connectivity index (χ0v) is 11.3. The van der Waals surface area contributed by atoms with Crippen LogP contribution in [0.1, 0.15) is 21.5 Å². The zero-order chi connectivity index (χ0) is 14.4. The van der Waals surface area contributed by atoms with Crippen LogP contribution < -0.4 is 4.74 Å². The maximum atomic E-state index is 11.9. The number of hydrogen-bond donors (Lipinski definition) is 0. The highest BCUT2D eigenvalue weighted by molar-refractivity contribution is 5.95. The van der Waals surface area contributed by atoms with Gasteiger partial charge in [0, 0.05) is 11.1 Å². The fourth-order valence-corrected chi connectivity index (χ4v) is 1.78. The Morgan fingerprint density at radius 1 is 0.950 bits per heavy atom. The molecular formula is C17H14O3. The molecule has 0 atom stereocenters. The summed E-state index contributed by atoms with van der Waals surface area (Å²) in [5.74, 6) is 6.00. The van der Waals surface area contributed by atoms with Crippen molar-refractivity contribution in [2.75, 3.05) is 14.2 Å². The van der Waals surface area contributed by atoms with Crippen molar-refractivity contribution in [3.05, 3.63) is 65.2 Å². The van der Waals surface area contributed by atoms with Crippen LogP contribution in [0.2, 0.25) is 0 Å². The van der Waals surface area contributed by atoms with E-state index in [0.717, 1.165) is 5.56 Å². The van der Waals surface area contributed by atoms with Crippen LogP contribution in [0.5, 0.6) is 5.75 Å². The summed E-state index contributed by atoms with van der Waals surface area (Å²) >= 11 is 0. The molecule has 0 spiro atoms. The van der Waals surface area contributed by atoms with E-state index in [1.165, 1.54) is 14.2 Å². The van der Waals surface area contributed by atoms with Gasteiger partial charge in [0.15, 0.2) is 0 Å². The second-order valence-electron chi connectivity index (χ2n) is 3.99. The van der Waals surface area contributed by atoms with Crippen LogP contribution in [-0.4, -0.2) is 20.2 Å². The third kappa shape index (κ3) is 2.99. The molecule has 0 fully saturated rings. The minimum atomic E-state index is -0.459. The van der Waals surface area contributed by atoms with Crippen molar-refractivity contribution in [2.45, 2.75) is 0 Å². The number of carbonyl (C=O) groups is 1. The molecule has 0 unspecified atom stereocenters. The molecule has 0 aliphatic rings. The number of rotatable bonds is 2. The van der Waals surface area contributed by atoms with E-state index in [-0.39, 0.29) is 0 Å². The standard InChI is InChI=1S/C17H14O3/c1-19-15-10-6-9-14(16(15)17(18)20-2)12-11-13-7-4-3-5-8-13/h3-10H,1-2H3. The Labute approximate surface area is 118 Å². The predicted octanol–water partition coefficient (Wildman–Crippen LogP) is 2.88. The summed E-state index contributed by atoms with van der Waals surface area (Å²) in [7, 11) is 2.85. The van der Waals surface area contributed by atoms with Gasteiger partial charge in [-0.3, -0.25) is 0 Å². The molecule has 0 heterocycles. The van der Waals surface area contributed by atoms with Gasteiger partial charge < -0.3 is 9.47 Å². The van der Waals surface area contributed by atoms with Gasteiger partial charge in [0.2, 0.25) is 0 Å². The first kappa shape index (κ1) is 13.7. The van der Waals surface area contributed by atoms with Crippen LogP contribution in [0.4, 0.5) is 0 Å². The summed E-state index contributed by atoms with van der Waals surface area (Å²) in [5, 5.41) is 0. The van der Waals surface area contributed by atoms with Crippen molar-refractivity contribution in [3.8, 4) is 17.6 Å². The number of methoxy groups -OCH3 is 2. The molecule has 0 amide bonds. The second kappa shape index (κ2) is 6.44. The Morgan fingerprint density at radius 3 is 2.35 bits per heavy atom. The molecule has 20 heavy (non-hydrogen) atoms. The van der Waals surface area contributed by atoms with Crippen LogP contribution in [0.15, 0.2) is 48.5 Å². The number of ether oxygens (including phenoxy) is 2. The Kier molecular flexibility index (Phi) is 4.41. The van der Waals surface area contributed by atoms with Gasteiger partial charge >= 0.3 is 5.97 Å². The molecule has 0 aliphatic carbocycles. The van der Waals surface area contributed by atoms with E-state index in [2.05, 4.69) is 11.8 Å².